The fourth-order valence-electron chi connectivity index (χ4n) is 1.53. The van der Waals surface area contributed by atoms with E-state index < -0.39 is 22.0 Å². The second kappa shape index (κ2) is 7.04. The van der Waals surface area contributed by atoms with Gasteiger partial charge in [0.2, 0.25) is 10.0 Å². The first kappa shape index (κ1) is 16.9. The number of carboxylic acids is 1. The third-order valence-corrected chi connectivity index (χ3v) is 3.40. The van der Waals surface area contributed by atoms with E-state index in [9.17, 15) is 18.0 Å². The number of hydrogen-bond donors (Lipinski definition) is 3. The number of benzene rings is 1. The van der Waals surface area contributed by atoms with Gasteiger partial charge in [0.25, 0.3) is 0 Å². The number of nitrogens with two attached hydrogens (primary N) is 1. The fraction of sp³-hybridized carbons (Fsp3) is 0.333. The van der Waals surface area contributed by atoms with Gasteiger partial charge in [0, 0.05) is 20.1 Å². The van der Waals surface area contributed by atoms with E-state index in [1.165, 1.54) is 24.1 Å². The summed E-state index contributed by atoms with van der Waals surface area (Å²) in [5.74, 6) is -1.35. The van der Waals surface area contributed by atoms with Crippen LogP contribution in [0.3, 0.4) is 0 Å². The third kappa shape index (κ3) is 6.23. The number of primary sulfonamides is 1. The molecule has 8 nitrogen and oxygen atoms in total. The van der Waals surface area contributed by atoms with Gasteiger partial charge in [0.15, 0.2) is 0 Å². The lowest BCUT2D eigenvalue weighted by atomic mass is 10.1. The monoisotopic (exact) mass is 315 g/mol. The maximum atomic E-state index is 11.7. The van der Waals surface area contributed by atoms with Crippen molar-refractivity contribution < 1.29 is 23.1 Å². The maximum absolute atomic E-state index is 11.7. The summed E-state index contributed by atoms with van der Waals surface area (Å²) in [5, 5.41) is 16.0. The van der Waals surface area contributed by atoms with Crippen LogP contribution in [-0.4, -0.2) is 49.8 Å². The smallest absolute Gasteiger partial charge is 0.335 e. The number of hydrogen-bond acceptors (Lipinski definition) is 4. The Hall–Kier alpha value is -2.13. The predicted octanol–water partition coefficient (Wildman–Crippen LogP) is -0.185. The minimum Gasteiger partial charge on any atom is -0.478 e. The first-order chi connectivity index (χ1) is 9.69. The average Bonchev–Trinajstić information content (AvgIpc) is 2.37. The van der Waals surface area contributed by atoms with Gasteiger partial charge < -0.3 is 15.3 Å². The molecule has 1 aromatic carbocycles. The molecule has 0 saturated carbocycles. The highest BCUT2D eigenvalue weighted by Gasteiger charge is 2.10. The van der Waals surface area contributed by atoms with Gasteiger partial charge in [-0.3, -0.25) is 0 Å². The van der Waals surface area contributed by atoms with E-state index >= 15 is 0 Å². The van der Waals surface area contributed by atoms with E-state index in [1.54, 1.807) is 12.1 Å². The zero-order valence-electron chi connectivity index (χ0n) is 11.4. The Morgan fingerprint density at radius 3 is 2.33 bits per heavy atom. The summed E-state index contributed by atoms with van der Waals surface area (Å²) < 4.78 is 21.5. The zero-order chi connectivity index (χ0) is 16.0. The van der Waals surface area contributed by atoms with E-state index in [-0.39, 0.29) is 24.4 Å². The van der Waals surface area contributed by atoms with Crippen LogP contribution in [0.15, 0.2) is 24.3 Å². The topological polar surface area (TPSA) is 130 Å². The summed E-state index contributed by atoms with van der Waals surface area (Å²) in [6.07, 6.45) is 0. The molecule has 0 heterocycles. The number of carbonyl (C=O) groups excluding carboxylic acids is 1. The molecule has 9 heteroatoms. The predicted molar refractivity (Wildman–Crippen MR) is 76.2 cm³/mol. The average molecular weight is 315 g/mol. The molecule has 4 N–H and O–H groups in total. The van der Waals surface area contributed by atoms with Gasteiger partial charge in [-0.05, 0) is 17.7 Å². The van der Waals surface area contributed by atoms with Crippen LogP contribution in [0.4, 0.5) is 4.79 Å². The Morgan fingerprint density at radius 2 is 1.86 bits per heavy atom. The summed E-state index contributed by atoms with van der Waals surface area (Å²) >= 11 is 0. The third-order valence-electron chi connectivity index (χ3n) is 2.63. The lowest BCUT2D eigenvalue weighted by molar-refractivity contribution is 0.0696. The molecule has 0 aromatic heterocycles. The molecule has 0 bridgehead atoms. The summed E-state index contributed by atoms with van der Waals surface area (Å²) in [4.78, 5) is 23.7. The highest BCUT2D eigenvalue weighted by Crippen LogP contribution is 2.07. The first-order valence-electron chi connectivity index (χ1n) is 6.01. The summed E-state index contributed by atoms with van der Waals surface area (Å²) in [7, 11) is -2.07. The van der Waals surface area contributed by atoms with Gasteiger partial charge in [-0.25, -0.2) is 23.1 Å². The van der Waals surface area contributed by atoms with Crippen molar-refractivity contribution in [1.82, 2.24) is 10.2 Å². The van der Waals surface area contributed by atoms with Crippen molar-refractivity contribution in [3.63, 3.8) is 0 Å². The number of aromatic carboxylic acids is 1. The molecule has 0 aliphatic rings. The van der Waals surface area contributed by atoms with Crippen molar-refractivity contribution in [2.75, 3.05) is 19.3 Å². The van der Waals surface area contributed by atoms with Crippen LogP contribution < -0.4 is 10.5 Å². The largest absolute Gasteiger partial charge is 0.478 e. The van der Waals surface area contributed by atoms with Crippen molar-refractivity contribution in [2.45, 2.75) is 6.54 Å². The fourth-order valence-corrected chi connectivity index (χ4v) is 1.92. The highest BCUT2D eigenvalue weighted by molar-refractivity contribution is 7.89. The molecular formula is C12H17N3O5S. The van der Waals surface area contributed by atoms with Crippen LogP contribution in [0, 0.1) is 0 Å². The number of nitrogens with one attached hydrogen (secondary N) is 1. The molecule has 2 amide bonds. The van der Waals surface area contributed by atoms with Gasteiger partial charge >= 0.3 is 12.0 Å². The first-order valence-corrected chi connectivity index (χ1v) is 7.72. The van der Waals surface area contributed by atoms with Crippen molar-refractivity contribution in [2.24, 2.45) is 5.14 Å². The van der Waals surface area contributed by atoms with Crippen LogP contribution in [0.5, 0.6) is 0 Å². The summed E-state index contributed by atoms with van der Waals surface area (Å²) in [5.41, 5.74) is 0.920. The van der Waals surface area contributed by atoms with Crippen LogP contribution in [-0.2, 0) is 16.6 Å². The Labute approximate surface area is 122 Å². The number of rotatable bonds is 6. The number of carbonyl (C=O) groups is 2. The molecule has 0 unspecified atom stereocenters. The van der Waals surface area contributed by atoms with Gasteiger partial charge in [-0.1, -0.05) is 12.1 Å². The minimum absolute atomic E-state index is 0.0695. The molecule has 0 radical (unpaired) electrons. The Balaban J connectivity index is 2.50. The molecule has 0 atom stereocenters. The molecule has 0 fully saturated rings. The van der Waals surface area contributed by atoms with Crippen molar-refractivity contribution in [3.8, 4) is 0 Å². The van der Waals surface area contributed by atoms with Crippen LogP contribution >= 0.6 is 0 Å². The normalized spacial score (nSPS) is 11.0. The molecule has 0 aliphatic heterocycles. The molecule has 21 heavy (non-hydrogen) atoms. The van der Waals surface area contributed by atoms with Crippen LogP contribution in [0.1, 0.15) is 15.9 Å². The summed E-state index contributed by atoms with van der Waals surface area (Å²) in [6, 6.07) is 5.67. The van der Waals surface area contributed by atoms with E-state index in [1.807, 2.05) is 0 Å². The maximum Gasteiger partial charge on any atom is 0.335 e. The number of carboxylic acid groups (broad SMARTS) is 1. The highest BCUT2D eigenvalue weighted by atomic mass is 32.2. The number of amides is 2. The van der Waals surface area contributed by atoms with Crippen LogP contribution in [0.2, 0.25) is 0 Å². The number of sulfonamides is 1. The molecule has 0 aliphatic carbocycles. The second-order valence-corrected chi connectivity index (χ2v) is 6.19. The van der Waals surface area contributed by atoms with E-state index in [4.69, 9.17) is 10.2 Å². The van der Waals surface area contributed by atoms with Crippen molar-refractivity contribution in [3.05, 3.63) is 35.4 Å². The van der Waals surface area contributed by atoms with Gasteiger partial charge in [-0.2, -0.15) is 0 Å². The van der Waals surface area contributed by atoms with Gasteiger partial charge in [-0.15, -0.1) is 0 Å². The standard InChI is InChI=1S/C12H17N3O5S/c1-15(12(18)14-6-7-21(13,19)20)8-9-2-4-10(5-3-9)11(16)17/h2-5H,6-8H2,1H3,(H,14,18)(H,16,17)(H2,13,19,20). The Morgan fingerprint density at radius 1 is 1.29 bits per heavy atom. The van der Waals surface area contributed by atoms with Crippen molar-refractivity contribution in [1.29, 1.82) is 0 Å². The Bertz CT molecular complexity index is 612. The zero-order valence-corrected chi connectivity index (χ0v) is 12.3. The number of nitrogens with zero attached hydrogens (tertiary/aromatic N) is 1. The molecule has 1 aromatic rings. The van der Waals surface area contributed by atoms with Crippen LogP contribution in [0.25, 0.3) is 0 Å². The lowest BCUT2D eigenvalue weighted by Crippen LogP contribution is -2.39. The number of urea groups is 1. The quantitative estimate of drug-likeness (QED) is 0.670. The van der Waals surface area contributed by atoms with Crippen molar-refractivity contribution >= 4 is 22.0 Å². The van der Waals surface area contributed by atoms with E-state index in [0.29, 0.717) is 0 Å². The molecule has 0 saturated heterocycles. The molecular weight excluding hydrogens is 298 g/mol. The van der Waals surface area contributed by atoms with Gasteiger partial charge in [0.1, 0.15) is 0 Å². The SMILES string of the molecule is CN(Cc1ccc(C(=O)O)cc1)C(=O)NCCS(N)(=O)=O. The summed E-state index contributed by atoms with van der Waals surface area (Å²) in [6.45, 7) is 0.196. The van der Waals surface area contributed by atoms with E-state index in [0.717, 1.165) is 5.56 Å². The molecule has 0 spiro atoms. The van der Waals surface area contributed by atoms with Gasteiger partial charge in [0.05, 0.1) is 11.3 Å². The Kier molecular flexibility index (Phi) is 5.68. The van der Waals surface area contributed by atoms with E-state index in [2.05, 4.69) is 5.32 Å². The molecule has 116 valence electrons. The molecule has 1 rings (SSSR count). The lowest BCUT2D eigenvalue weighted by Gasteiger charge is -2.18. The minimum atomic E-state index is -3.61. The second-order valence-electron chi connectivity index (χ2n) is 4.46.